The SMILES string of the molecule is CNC(=O)CCCNC1CCCC(C)C1. The summed E-state index contributed by atoms with van der Waals surface area (Å²) >= 11 is 0. The lowest BCUT2D eigenvalue weighted by Gasteiger charge is -2.27. The summed E-state index contributed by atoms with van der Waals surface area (Å²) in [5.41, 5.74) is 0. The first-order chi connectivity index (χ1) is 7.22. The number of amides is 1. The van der Waals surface area contributed by atoms with E-state index >= 15 is 0 Å². The lowest BCUT2D eigenvalue weighted by Crippen LogP contribution is -2.34. The van der Waals surface area contributed by atoms with Crippen molar-refractivity contribution in [2.45, 2.75) is 51.5 Å². The average Bonchev–Trinajstić information content (AvgIpc) is 2.24. The summed E-state index contributed by atoms with van der Waals surface area (Å²) in [6.07, 6.45) is 6.95. The van der Waals surface area contributed by atoms with Crippen LogP contribution in [0.15, 0.2) is 0 Å². The molecule has 1 saturated carbocycles. The maximum absolute atomic E-state index is 11.0. The van der Waals surface area contributed by atoms with Gasteiger partial charge in [-0.2, -0.15) is 0 Å². The van der Waals surface area contributed by atoms with E-state index in [-0.39, 0.29) is 5.91 Å². The van der Waals surface area contributed by atoms with E-state index in [2.05, 4.69) is 17.6 Å². The predicted molar refractivity (Wildman–Crippen MR) is 62.7 cm³/mol. The van der Waals surface area contributed by atoms with Gasteiger partial charge in [0.15, 0.2) is 0 Å². The standard InChI is InChI=1S/C12H24N2O/c1-10-5-3-6-11(9-10)14-8-4-7-12(15)13-2/h10-11,14H,3-9H2,1-2H3,(H,13,15). The maximum atomic E-state index is 11.0. The molecule has 0 aromatic rings. The third-order valence-electron chi connectivity index (χ3n) is 3.23. The first kappa shape index (κ1) is 12.5. The van der Waals surface area contributed by atoms with Crippen molar-refractivity contribution in [1.29, 1.82) is 0 Å². The van der Waals surface area contributed by atoms with Crippen molar-refractivity contribution in [2.75, 3.05) is 13.6 Å². The van der Waals surface area contributed by atoms with Gasteiger partial charge in [0.25, 0.3) is 0 Å². The molecule has 1 amide bonds. The fourth-order valence-corrected chi connectivity index (χ4v) is 2.30. The topological polar surface area (TPSA) is 41.1 Å². The molecule has 2 unspecified atom stereocenters. The van der Waals surface area contributed by atoms with Gasteiger partial charge in [-0.3, -0.25) is 4.79 Å². The van der Waals surface area contributed by atoms with Crippen LogP contribution < -0.4 is 10.6 Å². The van der Waals surface area contributed by atoms with Crippen LogP contribution in [-0.4, -0.2) is 25.5 Å². The quantitative estimate of drug-likeness (QED) is 0.681. The van der Waals surface area contributed by atoms with Crippen LogP contribution in [0.3, 0.4) is 0 Å². The van der Waals surface area contributed by atoms with E-state index in [1.165, 1.54) is 25.7 Å². The van der Waals surface area contributed by atoms with Crippen molar-refractivity contribution in [1.82, 2.24) is 10.6 Å². The Morgan fingerprint density at radius 1 is 1.40 bits per heavy atom. The average molecular weight is 212 g/mol. The second-order valence-corrected chi connectivity index (χ2v) is 4.70. The lowest BCUT2D eigenvalue weighted by molar-refractivity contribution is -0.120. The van der Waals surface area contributed by atoms with E-state index < -0.39 is 0 Å². The van der Waals surface area contributed by atoms with Gasteiger partial charge in [-0.15, -0.1) is 0 Å². The van der Waals surface area contributed by atoms with Crippen molar-refractivity contribution in [3.8, 4) is 0 Å². The van der Waals surface area contributed by atoms with Crippen molar-refractivity contribution in [3.63, 3.8) is 0 Å². The van der Waals surface area contributed by atoms with Gasteiger partial charge in [-0.05, 0) is 31.7 Å². The molecule has 0 spiro atoms. The van der Waals surface area contributed by atoms with E-state index in [9.17, 15) is 4.79 Å². The summed E-state index contributed by atoms with van der Waals surface area (Å²) in [6.45, 7) is 3.31. The Kier molecular flexibility index (Phi) is 5.69. The third kappa shape index (κ3) is 5.17. The first-order valence-electron chi connectivity index (χ1n) is 6.16. The highest BCUT2D eigenvalue weighted by Gasteiger charge is 2.17. The second-order valence-electron chi connectivity index (χ2n) is 4.70. The van der Waals surface area contributed by atoms with Gasteiger partial charge in [0.2, 0.25) is 5.91 Å². The van der Waals surface area contributed by atoms with E-state index in [1.807, 2.05) is 0 Å². The van der Waals surface area contributed by atoms with E-state index in [4.69, 9.17) is 0 Å². The van der Waals surface area contributed by atoms with Crippen LogP contribution >= 0.6 is 0 Å². The molecule has 1 aliphatic carbocycles. The van der Waals surface area contributed by atoms with Crippen molar-refractivity contribution in [3.05, 3.63) is 0 Å². The first-order valence-corrected chi connectivity index (χ1v) is 6.16. The van der Waals surface area contributed by atoms with Gasteiger partial charge in [-0.1, -0.05) is 19.8 Å². The molecule has 1 fully saturated rings. The molecule has 0 aliphatic heterocycles. The Labute approximate surface area is 93.0 Å². The smallest absolute Gasteiger partial charge is 0.219 e. The molecular formula is C12H24N2O. The van der Waals surface area contributed by atoms with E-state index in [0.29, 0.717) is 12.5 Å². The van der Waals surface area contributed by atoms with Gasteiger partial charge < -0.3 is 10.6 Å². The highest BCUT2D eigenvalue weighted by molar-refractivity contribution is 5.75. The molecular weight excluding hydrogens is 188 g/mol. The van der Waals surface area contributed by atoms with Gasteiger partial charge >= 0.3 is 0 Å². The Morgan fingerprint density at radius 2 is 2.20 bits per heavy atom. The fraction of sp³-hybridized carbons (Fsp3) is 0.917. The zero-order valence-corrected chi connectivity index (χ0v) is 10.0. The normalized spacial score (nSPS) is 26.3. The number of hydrogen-bond donors (Lipinski definition) is 2. The third-order valence-corrected chi connectivity index (χ3v) is 3.23. The van der Waals surface area contributed by atoms with Crippen LogP contribution in [0.5, 0.6) is 0 Å². The molecule has 2 N–H and O–H groups in total. The van der Waals surface area contributed by atoms with E-state index in [1.54, 1.807) is 7.05 Å². The Morgan fingerprint density at radius 3 is 2.87 bits per heavy atom. The monoisotopic (exact) mass is 212 g/mol. The minimum Gasteiger partial charge on any atom is -0.359 e. The predicted octanol–water partition coefficient (Wildman–Crippen LogP) is 1.68. The Bertz CT molecular complexity index is 194. The molecule has 0 bridgehead atoms. The molecule has 0 saturated heterocycles. The molecule has 1 rings (SSSR count). The summed E-state index contributed by atoms with van der Waals surface area (Å²) in [7, 11) is 1.69. The summed E-state index contributed by atoms with van der Waals surface area (Å²) in [6, 6.07) is 0.693. The van der Waals surface area contributed by atoms with Gasteiger partial charge in [0, 0.05) is 19.5 Å². The van der Waals surface area contributed by atoms with Crippen LogP contribution in [0.2, 0.25) is 0 Å². The molecule has 1 aliphatic rings. The van der Waals surface area contributed by atoms with Crippen LogP contribution in [0.25, 0.3) is 0 Å². The molecule has 2 atom stereocenters. The molecule has 3 nitrogen and oxygen atoms in total. The molecule has 0 aromatic heterocycles. The molecule has 0 radical (unpaired) electrons. The van der Waals surface area contributed by atoms with Gasteiger partial charge in [-0.25, -0.2) is 0 Å². The summed E-state index contributed by atoms with van der Waals surface area (Å²) in [4.78, 5) is 11.0. The minimum atomic E-state index is 0.147. The number of nitrogens with one attached hydrogen (secondary N) is 2. The second kappa shape index (κ2) is 6.83. The maximum Gasteiger partial charge on any atom is 0.219 e. The molecule has 3 heteroatoms. The fourth-order valence-electron chi connectivity index (χ4n) is 2.30. The number of hydrogen-bond acceptors (Lipinski definition) is 2. The summed E-state index contributed by atoms with van der Waals surface area (Å²) in [5, 5.41) is 6.20. The van der Waals surface area contributed by atoms with Crippen LogP contribution in [-0.2, 0) is 4.79 Å². The highest BCUT2D eigenvalue weighted by atomic mass is 16.1. The van der Waals surface area contributed by atoms with Gasteiger partial charge in [0.1, 0.15) is 0 Å². The summed E-state index contributed by atoms with van der Waals surface area (Å²) in [5.74, 6) is 1.02. The molecule has 0 heterocycles. The highest BCUT2D eigenvalue weighted by Crippen LogP contribution is 2.23. The zero-order valence-electron chi connectivity index (χ0n) is 10.0. The van der Waals surface area contributed by atoms with Gasteiger partial charge in [0.05, 0.1) is 0 Å². The van der Waals surface area contributed by atoms with Crippen molar-refractivity contribution >= 4 is 5.91 Å². The number of carbonyl (C=O) groups is 1. The largest absolute Gasteiger partial charge is 0.359 e. The van der Waals surface area contributed by atoms with Crippen LogP contribution in [0, 0.1) is 5.92 Å². The Hall–Kier alpha value is -0.570. The molecule has 15 heavy (non-hydrogen) atoms. The van der Waals surface area contributed by atoms with Crippen LogP contribution in [0.1, 0.15) is 45.4 Å². The minimum absolute atomic E-state index is 0.147. The summed E-state index contributed by atoms with van der Waals surface area (Å²) < 4.78 is 0. The van der Waals surface area contributed by atoms with Crippen molar-refractivity contribution < 1.29 is 4.79 Å². The van der Waals surface area contributed by atoms with E-state index in [0.717, 1.165) is 18.9 Å². The number of carbonyl (C=O) groups excluding carboxylic acids is 1. The van der Waals surface area contributed by atoms with Crippen molar-refractivity contribution in [2.24, 2.45) is 5.92 Å². The molecule has 88 valence electrons. The zero-order chi connectivity index (χ0) is 11.1. The Balaban J connectivity index is 2.02. The number of rotatable bonds is 5. The van der Waals surface area contributed by atoms with Crippen LogP contribution in [0.4, 0.5) is 0 Å². The lowest BCUT2D eigenvalue weighted by atomic mass is 9.87. The molecule has 0 aromatic carbocycles.